The van der Waals surface area contributed by atoms with Gasteiger partial charge in [0.05, 0.1) is 0 Å². The Morgan fingerprint density at radius 1 is 1.00 bits per heavy atom. The van der Waals surface area contributed by atoms with Crippen LogP contribution in [0.2, 0.25) is 0 Å². The van der Waals surface area contributed by atoms with Gasteiger partial charge in [0, 0.05) is 13.1 Å². The molecule has 0 fully saturated rings. The fourth-order valence-electron chi connectivity index (χ4n) is 1.28. The van der Waals surface area contributed by atoms with Gasteiger partial charge in [0.1, 0.15) is 0 Å². The van der Waals surface area contributed by atoms with Gasteiger partial charge in [0.2, 0.25) is 0 Å². The fraction of sp³-hybridized carbons (Fsp3) is 0.846. The van der Waals surface area contributed by atoms with Crippen molar-refractivity contribution in [3.63, 3.8) is 0 Å². The number of hydrogen-bond acceptors (Lipinski definition) is 1. The molecule has 0 atom stereocenters. The van der Waals surface area contributed by atoms with Crippen LogP contribution in [0, 0.1) is 5.92 Å². The van der Waals surface area contributed by atoms with E-state index in [9.17, 15) is 0 Å². The molecule has 0 aliphatic carbocycles. The zero-order chi connectivity index (χ0) is 10.8. The van der Waals surface area contributed by atoms with E-state index in [4.69, 9.17) is 0 Å². The maximum atomic E-state index is 2.47. The first-order valence-corrected chi connectivity index (χ1v) is 6.13. The Morgan fingerprint density at radius 2 is 1.47 bits per heavy atom. The average molecular weight is 234 g/mol. The van der Waals surface area contributed by atoms with Crippen molar-refractivity contribution in [3.8, 4) is 0 Å². The van der Waals surface area contributed by atoms with Crippen LogP contribution < -0.4 is 0 Å². The largest absolute Gasteiger partial charge is 0.378 e. The molecule has 0 saturated heterocycles. The van der Waals surface area contributed by atoms with Crippen LogP contribution in [0.15, 0.2) is 12.3 Å². The number of nitrogens with zero attached hydrogens (tertiary/aromatic N) is 1. The Kier molecular flexibility index (Phi) is 13.7. The lowest BCUT2D eigenvalue weighted by Crippen LogP contribution is -2.19. The predicted octanol–water partition coefficient (Wildman–Crippen LogP) is 4.48. The number of rotatable bonds is 8. The number of halogens is 1. The van der Waals surface area contributed by atoms with Gasteiger partial charge in [-0.3, -0.25) is 0 Å². The third-order valence-electron chi connectivity index (χ3n) is 2.28. The van der Waals surface area contributed by atoms with Gasteiger partial charge >= 0.3 is 0 Å². The van der Waals surface area contributed by atoms with E-state index in [0.717, 1.165) is 0 Å². The summed E-state index contributed by atoms with van der Waals surface area (Å²) in [4.78, 5) is 2.47. The molecule has 0 unspecified atom stereocenters. The highest BCUT2D eigenvalue weighted by atomic mass is 35.5. The molecule has 2 heteroatoms. The molecule has 0 amide bonds. The van der Waals surface area contributed by atoms with Gasteiger partial charge in [-0.2, -0.15) is 0 Å². The lowest BCUT2D eigenvalue weighted by atomic mass is 10.2. The topological polar surface area (TPSA) is 3.24 Å². The maximum absolute atomic E-state index is 2.47. The van der Waals surface area contributed by atoms with E-state index in [1.165, 1.54) is 38.8 Å². The van der Waals surface area contributed by atoms with Crippen molar-refractivity contribution in [1.29, 1.82) is 0 Å². The average Bonchev–Trinajstić information content (AvgIpc) is 2.16. The second kappa shape index (κ2) is 11.9. The molecule has 0 N–H and O–H groups in total. The van der Waals surface area contributed by atoms with Crippen LogP contribution in [0.25, 0.3) is 0 Å². The minimum atomic E-state index is 0. The molecule has 15 heavy (non-hydrogen) atoms. The van der Waals surface area contributed by atoms with E-state index in [-0.39, 0.29) is 12.4 Å². The van der Waals surface area contributed by atoms with Gasteiger partial charge in [-0.15, -0.1) is 12.4 Å². The minimum Gasteiger partial charge on any atom is -0.378 e. The summed E-state index contributed by atoms with van der Waals surface area (Å²) in [5.41, 5.74) is 0. The molecular formula is C13H28ClN. The molecule has 0 spiro atoms. The molecule has 0 aromatic rings. The molecule has 0 radical (unpaired) electrons. The summed E-state index contributed by atoms with van der Waals surface area (Å²) in [6.45, 7) is 11.4. The number of hydrogen-bond donors (Lipinski definition) is 0. The summed E-state index contributed by atoms with van der Waals surface area (Å²) < 4.78 is 0. The summed E-state index contributed by atoms with van der Waals surface area (Å²) in [5, 5.41) is 0. The second-order valence-electron chi connectivity index (χ2n) is 4.33. The van der Waals surface area contributed by atoms with E-state index < -0.39 is 0 Å². The zero-order valence-electron chi connectivity index (χ0n) is 10.8. The Bertz CT molecular complexity index is 135. The molecule has 0 rings (SSSR count). The molecule has 0 heterocycles. The van der Waals surface area contributed by atoms with Gasteiger partial charge in [0.15, 0.2) is 0 Å². The third-order valence-corrected chi connectivity index (χ3v) is 2.28. The molecule has 0 aromatic heterocycles. The number of allylic oxidation sites excluding steroid dienone is 1. The smallest absolute Gasteiger partial charge is 0.0172 e. The Morgan fingerprint density at radius 3 is 1.80 bits per heavy atom. The van der Waals surface area contributed by atoms with Crippen LogP contribution in [0.5, 0.6) is 0 Å². The predicted molar refractivity (Wildman–Crippen MR) is 72.6 cm³/mol. The van der Waals surface area contributed by atoms with E-state index in [1.807, 2.05) is 0 Å². The van der Waals surface area contributed by atoms with Crippen molar-refractivity contribution in [1.82, 2.24) is 4.90 Å². The van der Waals surface area contributed by atoms with Gasteiger partial charge in [-0.1, -0.05) is 46.6 Å². The van der Waals surface area contributed by atoms with Crippen molar-refractivity contribution in [2.75, 3.05) is 13.1 Å². The van der Waals surface area contributed by atoms with E-state index in [0.29, 0.717) is 5.92 Å². The van der Waals surface area contributed by atoms with Crippen LogP contribution in [-0.4, -0.2) is 18.0 Å². The third kappa shape index (κ3) is 11.8. The molecule has 0 aliphatic heterocycles. The Balaban J connectivity index is 0. The van der Waals surface area contributed by atoms with Crippen molar-refractivity contribution < 1.29 is 0 Å². The molecule has 92 valence electrons. The molecule has 1 nitrogen and oxygen atoms in total. The highest BCUT2D eigenvalue weighted by Crippen LogP contribution is 2.02. The van der Waals surface area contributed by atoms with Gasteiger partial charge in [-0.05, 0) is 25.0 Å². The highest BCUT2D eigenvalue weighted by molar-refractivity contribution is 5.85. The molecule has 0 bridgehead atoms. The van der Waals surface area contributed by atoms with Crippen LogP contribution >= 0.6 is 12.4 Å². The van der Waals surface area contributed by atoms with Gasteiger partial charge in [0.25, 0.3) is 0 Å². The second-order valence-corrected chi connectivity index (χ2v) is 4.33. The fourth-order valence-corrected chi connectivity index (χ4v) is 1.28. The Hall–Kier alpha value is -0.170. The SMILES string of the molecule is CCCCN(C=CC(C)C)CCCC.Cl. The summed E-state index contributed by atoms with van der Waals surface area (Å²) in [6.07, 6.45) is 9.79. The molecular weight excluding hydrogens is 206 g/mol. The molecule has 0 aromatic carbocycles. The lowest BCUT2D eigenvalue weighted by molar-refractivity contribution is 0.358. The minimum absolute atomic E-state index is 0. The Labute approximate surface area is 102 Å². The van der Waals surface area contributed by atoms with Crippen LogP contribution in [0.1, 0.15) is 53.4 Å². The van der Waals surface area contributed by atoms with Crippen LogP contribution in [-0.2, 0) is 0 Å². The maximum Gasteiger partial charge on any atom is 0.0172 e. The normalized spacial score (nSPS) is 10.7. The molecule has 0 aliphatic rings. The highest BCUT2D eigenvalue weighted by Gasteiger charge is 1.97. The first kappa shape index (κ1) is 17.2. The van der Waals surface area contributed by atoms with Gasteiger partial charge in [-0.25, -0.2) is 0 Å². The summed E-state index contributed by atoms with van der Waals surface area (Å²) in [6, 6.07) is 0. The van der Waals surface area contributed by atoms with Crippen molar-refractivity contribution in [3.05, 3.63) is 12.3 Å². The zero-order valence-corrected chi connectivity index (χ0v) is 11.6. The first-order chi connectivity index (χ1) is 6.70. The van der Waals surface area contributed by atoms with Crippen LogP contribution in [0.3, 0.4) is 0 Å². The monoisotopic (exact) mass is 233 g/mol. The van der Waals surface area contributed by atoms with Gasteiger partial charge < -0.3 is 4.90 Å². The van der Waals surface area contributed by atoms with E-state index in [1.54, 1.807) is 0 Å². The summed E-state index contributed by atoms with van der Waals surface area (Å²) in [7, 11) is 0. The lowest BCUT2D eigenvalue weighted by Gasteiger charge is -2.20. The standard InChI is InChI=1S/C13H27N.ClH/c1-5-7-10-14(11-8-6-2)12-9-13(3)4;/h9,12-13H,5-8,10-11H2,1-4H3;1H. The number of unbranched alkanes of at least 4 members (excludes halogenated alkanes) is 2. The van der Waals surface area contributed by atoms with Crippen molar-refractivity contribution in [2.24, 2.45) is 5.92 Å². The van der Waals surface area contributed by atoms with E-state index in [2.05, 4.69) is 44.9 Å². The summed E-state index contributed by atoms with van der Waals surface area (Å²) in [5.74, 6) is 0.667. The van der Waals surface area contributed by atoms with Crippen LogP contribution in [0.4, 0.5) is 0 Å². The van der Waals surface area contributed by atoms with Crippen molar-refractivity contribution >= 4 is 12.4 Å². The summed E-state index contributed by atoms with van der Waals surface area (Å²) >= 11 is 0. The first-order valence-electron chi connectivity index (χ1n) is 6.13. The van der Waals surface area contributed by atoms with E-state index >= 15 is 0 Å². The van der Waals surface area contributed by atoms with Crippen molar-refractivity contribution in [2.45, 2.75) is 53.4 Å². The molecule has 0 saturated carbocycles. The quantitative estimate of drug-likeness (QED) is 0.598.